The summed E-state index contributed by atoms with van der Waals surface area (Å²) >= 11 is 5.88. The number of hydrogen-bond donors (Lipinski definition) is 1. The van der Waals surface area contributed by atoms with Crippen molar-refractivity contribution in [2.45, 2.75) is 13.0 Å². The van der Waals surface area contributed by atoms with Gasteiger partial charge in [0, 0.05) is 35.8 Å². The SMILES string of the molecule is O=C(NCCCn1nc(-c2ccc(Cl)cc2)ccc1=O)c1ccc(F)cc1F. The van der Waals surface area contributed by atoms with Gasteiger partial charge in [0.15, 0.2) is 0 Å². The first-order valence-corrected chi connectivity index (χ1v) is 8.89. The molecule has 28 heavy (non-hydrogen) atoms. The van der Waals surface area contributed by atoms with Crippen molar-refractivity contribution in [1.29, 1.82) is 0 Å². The van der Waals surface area contributed by atoms with E-state index in [4.69, 9.17) is 11.6 Å². The van der Waals surface area contributed by atoms with Gasteiger partial charge < -0.3 is 5.32 Å². The van der Waals surface area contributed by atoms with Crippen LogP contribution in [0.5, 0.6) is 0 Å². The minimum Gasteiger partial charge on any atom is -0.352 e. The van der Waals surface area contributed by atoms with Crippen LogP contribution in [-0.4, -0.2) is 22.2 Å². The number of amides is 1. The van der Waals surface area contributed by atoms with E-state index >= 15 is 0 Å². The average molecular weight is 404 g/mol. The number of halogens is 3. The van der Waals surface area contributed by atoms with Crippen molar-refractivity contribution >= 4 is 17.5 Å². The van der Waals surface area contributed by atoms with Gasteiger partial charge in [-0.1, -0.05) is 23.7 Å². The molecule has 0 atom stereocenters. The molecule has 1 heterocycles. The molecule has 144 valence electrons. The van der Waals surface area contributed by atoms with E-state index in [1.54, 1.807) is 30.3 Å². The van der Waals surface area contributed by atoms with Crippen LogP contribution in [0.3, 0.4) is 0 Å². The van der Waals surface area contributed by atoms with Gasteiger partial charge in [-0.3, -0.25) is 9.59 Å². The van der Waals surface area contributed by atoms with Gasteiger partial charge in [0.05, 0.1) is 11.3 Å². The summed E-state index contributed by atoms with van der Waals surface area (Å²) in [5, 5.41) is 7.46. The van der Waals surface area contributed by atoms with E-state index < -0.39 is 17.5 Å². The Morgan fingerprint density at radius 1 is 1.07 bits per heavy atom. The molecule has 8 heteroatoms. The molecule has 0 aliphatic carbocycles. The van der Waals surface area contributed by atoms with Crippen LogP contribution in [0.25, 0.3) is 11.3 Å². The standard InChI is InChI=1S/C20H16ClF2N3O2/c21-14-4-2-13(3-5-14)18-8-9-19(27)26(25-18)11-1-10-24-20(28)16-7-6-15(22)12-17(16)23/h2-9,12H,1,10-11H2,(H,24,28). The molecule has 0 aliphatic rings. The molecule has 0 saturated heterocycles. The normalized spacial score (nSPS) is 10.7. The molecule has 3 aromatic rings. The zero-order valence-electron chi connectivity index (χ0n) is 14.7. The monoisotopic (exact) mass is 403 g/mol. The molecule has 0 radical (unpaired) electrons. The number of nitrogens with zero attached hydrogens (tertiary/aromatic N) is 2. The molecular weight excluding hydrogens is 388 g/mol. The van der Waals surface area contributed by atoms with E-state index in [1.807, 2.05) is 0 Å². The first-order chi connectivity index (χ1) is 13.4. The van der Waals surface area contributed by atoms with Crippen LogP contribution < -0.4 is 10.9 Å². The number of aromatic nitrogens is 2. The van der Waals surface area contributed by atoms with Gasteiger partial charge >= 0.3 is 0 Å². The maximum absolute atomic E-state index is 13.6. The highest BCUT2D eigenvalue weighted by Crippen LogP contribution is 2.18. The molecule has 0 aliphatic heterocycles. The van der Waals surface area contributed by atoms with Gasteiger partial charge in [-0.15, -0.1) is 0 Å². The maximum atomic E-state index is 13.6. The Balaban J connectivity index is 1.60. The topological polar surface area (TPSA) is 64.0 Å². The van der Waals surface area contributed by atoms with Crippen molar-refractivity contribution in [2.75, 3.05) is 6.54 Å². The Kier molecular flexibility index (Phi) is 6.16. The Morgan fingerprint density at radius 2 is 1.82 bits per heavy atom. The van der Waals surface area contributed by atoms with Crippen molar-refractivity contribution in [1.82, 2.24) is 15.1 Å². The lowest BCUT2D eigenvalue weighted by Gasteiger charge is -2.09. The van der Waals surface area contributed by atoms with Gasteiger partial charge in [0.2, 0.25) is 0 Å². The number of carbonyl (C=O) groups excluding carboxylic acids is 1. The molecule has 0 saturated carbocycles. The third-order valence-corrected chi connectivity index (χ3v) is 4.27. The summed E-state index contributed by atoms with van der Waals surface area (Å²) < 4.78 is 27.8. The Morgan fingerprint density at radius 3 is 2.54 bits per heavy atom. The van der Waals surface area contributed by atoms with Crippen molar-refractivity contribution in [2.24, 2.45) is 0 Å². The van der Waals surface area contributed by atoms with Crippen molar-refractivity contribution in [3.63, 3.8) is 0 Å². The fourth-order valence-corrected chi connectivity index (χ4v) is 2.71. The highest BCUT2D eigenvalue weighted by molar-refractivity contribution is 6.30. The van der Waals surface area contributed by atoms with Crippen molar-refractivity contribution < 1.29 is 13.6 Å². The van der Waals surface area contributed by atoms with Crippen molar-refractivity contribution in [3.8, 4) is 11.3 Å². The number of aryl methyl sites for hydroxylation is 1. The second kappa shape index (κ2) is 8.75. The molecule has 3 rings (SSSR count). The van der Waals surface area contributed by atoms with Gasteiger partial charge in [-0.05, 0) is 36.8 Å². The Bertz CT molecular complexity index is 1050. The summed E-state index contributed by atoms with van der Waals surface area (Å²) in [7, 11) is 0. The number of rotatable bonds is 6. The van der Waals surface area contributed by atoms with E-state index in [0.717, 1.165) is 17.7 Å². The smallest absolute Gasteiger partial charge is 0.266 e. The van der Waals surface area contributed by atoms with E-state index in [2.05, 4.69) is 10.4 Å². The second-order valence-electron chi connectivity index (χ2n) is 6.02. The summed E-state index contributed by atoms with van der Waals surface area (Å²) in [6, 6.07) is 12.9. The molecule has 0 spiro atoms. The van der Waals surface area contributed by atoms with Gasteiger partial charge in [-0.2, -0.15) is 5.10 Å². The first-order valence-electron chi connectivity index (χ1n) is 8.51. The van der Waals surface area contributed by atoms with Gasteiger partial charge in [0.1, 0.15) is 11.6 Å². The quantitative estimate of drug-likeness (QED) is 0.639. The minimum absolute atomic E-state index is 0.203. The van der Waals surface area contributed by atoms with Gasteiger partial charge in [0.25, 0.3) is 11.5 Å². The van der Waals surface area contributed by atoms with Crippen LogP contribution in [0, 0.1) is 11.6 Å². The van der Waals surface area contributed by atoms with Crippen LogP contribution in [-0.2, 0) is 6.54 Å². The molecule has 1 aromatic heterocycles. The second-order valence-corrected chi connectivity index (χ2v) is 6.46. The zero-order valence-corrected chi connectivity index (χ0v) is 15.4. The molecule has 1 N–H and O–H groups in total. The van der Waals surface area contributed by atoms with E-state index in [1.165, 1.54) is 10.7 Å². The largest absolute Gasteiger partial charge is 0.352 e. The number of carbonyl (C=O) groups is 1. The number of nitrogens with one attached hydrogen (secondary N) is 1. The predicted molar refractivity (Wildman–Crippen MR) is 102 cm³/mol. The summed E-state index contributed by atoms with van der Waals surface area (Å²) in [4.78, 5) is 23.9. The molecule has 2 aromatic carbocycles. The van der Waals surface area contributed by atoms with Crippen LogP contribution in [0.2, 0.25) is 5.02 Å². The lowest BCUT2D eigenvalue weighted by molar-refractivity contribution is 0.0948. The average Bonchev–Trinajstić information content (AvgIpc) is 2.67. The number of hydrogen-bond acceptors (Lipinski definition) is 3. The minimum atomic E-state index is -0.925. The van der Waals surface area contributed by atoms with Gasteiger partial charge in [-0.25, -0.2) is 13.5 Å². The molecule has 0 bridgehead atoms. The third-order valence-electron chi connectivity index (χ3n) is 4.01. The summed E-state index contributed by atoms with van der Waals surface area (Å²) in [5.41, 5.74) is 0.932. The molecular formula is C20H16ClF2N3O2. The lowest BCUT2D eigenvalue weighted by atomic mass is 10.1. The van der Waals surface area contributed by atoms with E-state index in [9.17, 15) is 18.4 Å². The molecule has 5 nitrogen and oxygen atoms in total. The zero-order chi connectivity index (χ0) is 20.1. The van der Waals surface area contributed by atoms with Crippen LogP contribution in [0.4, 0.5) is 8.78 Å². The Hall–Kier alpha value is -3.06. The summed E-state index contributed by atoms with van der Waals surface area (Å²) in [6.45, 7) is 0.474. The van der Waals surface area contributed by atoms with Crippen LogP contribution in [0.1, 0.15) is 16.8 Å². The lowest BCUT2D eigenvalue weighted by Crippen LogP contribution is -2.28. The van der Waals surface area contributed by atoms with E-state index in [0.29, 0.717) is 23.2 Å². The highest BCUT2D eigenvalue weighted by Gasteiger charge is 2.12. The van der Waals surface area contributed by atoms with Crippen LogP contribution in [0.15, 0.2) is 59.4 Å². The van der Waals surface area contributed by atoms with E-state index in [-0.39, 0.29) is 24.2 Å². The molecule has 0 fully saturated rings. The fraction of sp³-hybridized carbons (Fsp3) is 0.150. The predicted octanol–water partition coefficient (Wildman–Crippen LogP) is 3.66. The molecule has 0 unspecified atom stereocenters. The third kappa shape index (κ3) is 4.80. The molecule has 1 amide bonds. The first kappa shape index (κ1) is 19.7. The summed E-state index contributed by atoms with van der Waals surface area (Å²) in [5.74, 6) is -2.32. The number of benzene rings is 2. The highest BCUT2D eigenvalue weighted by atomic mass is 35.5. The maximum Gasteiger partial charge on any atom is 0.266 e. The Labute approximate surface area is 164 Å². The van der Waals surface area contributed by atoms with Crippen LogP contribution >= 0.6 is 11.6 Å². The van der Waals surface area contributed by atoms with Crippen molar-refractivity contribution in [3.05, 3.63) is 87.2 Å². The fourth-order valence-electron chi connectivity index (χ4n) is 2.58. The summed E-state index contributed by atoms with van der Waals surface area (Å²) in [6.07, 6.45) is 0.408.